The average molecular weight is 615 g/mol. The van der Waals surface area contributed by atoms with Crippen LogP contribution in [0.3, 0.4) is 0 Å². The number of rotatable bonds is 33. The number of ether oxygens (including phenoxy) is 1. The summed E-state index contributed by atoms with van der Waals surface area (Å²) in [5, 5.41) is 9.45. The number of allylic oxidation sites excluding steroid dienone is 8. The maximum atomic E-state index is 12.2. The van der Waals surface area contributed by atoms with E-state index in [1.165, 1.54) is 89.9 Å². The van der Waals surface area contributed by atoms with Crippen molar-refractivity contribution in [2.75, 3.05) is 0 Å². The molecule has 0 fully saturated rings. The molecule has 0 saturated carbocycles. The van der Waals surface area contributed by atoms with Crippen LogP contribution < -0.4 is 0 Å². The molecule has 0 heterocycles. The fourth-order valence-electron chi connectivity index (χ4n) is 5.24. The Bertz CT molecular complexity index is 748. The normalized spacial score (nSPS) is 12.8. The van der Waals surface area contributed by atoms with E-state index in [-0.39, 0.29) is 5.97 Å². The summed E-state index contributed by atoms with van der Waals surface area (Å²) in [6, 6.07) is 0. The molecule has 0 amide bonds. The summed E-state index contributed by atoms with van der Waals surface area (Å²) in [6.07, 6.45) is 47.1. The van der Waals surface area contributed by atoms with Crippen LogP contribution in [-0.4, -0.2) is 23.1 Å². The van der Waals surface area contributed by atoms with Crippen molar-refractivity contribution in [1.82, 2.24) is 0 Å². The highest BCUT2D eigenvalue weighted by molar-refractivity contribution is 5.77. The van der Waals surface area contributed by atoms with Gasteiger partial charge in [0.05, 0.1) is 0 Å². The molecular formula is C40H70O4. The summed E-state index contributed by atoms with van der Waals surface area (Å²) >= 11 is 0. The fraction of sp³-hybridized carbons (Fsp3) is 0.750. The monoisotopic (exact) mass is 615 g/mol. The van der Waals surface area contributed by atoms with E-state index in [1.807, 2.05) is 0 Å². The van der Waals surface area contributed by atoms with Crippen LogP contribution in [0.1, 0.15) is 187 Å². The zero-order valence-corrected chi connectivity index (χ0v) is 29.0. The zero-order valence-electron chi connectivity index (χ0n) is 29.0. The summed E-state index contributed by atoms with van der Waals surface area (Å²) in [5.74, 6) is -1.38. The molecule has 0 rings (SSSR count). The molecule has 1 N–H and O–H groups in total. The number of carboxylic acid groups (broad SMARTS) is 1. The third-order valence-electron chi connectivity index (χ3n) is 8.08. The first-order chi connectivity index (χ1) is 21.6. The van der Waals surface area contributed by atoms with Crippen molar-refractivity contribution < 1.29 is 19.4 Å². The number of carbonyl (C=O) groups is 2. The van der Waals surface area contributed by atoms with Gasteiger partial charge in [-0.2, -0.15) is 0 Å². The minimum absolute atomic E-state index is 0.319. The van der Waals surface area contributed by atoms with Gasteiger partial charge in [-0.25, -0.2) is 4.79 Å². The molecule has 4 heteroatoms. The Kier molecular flexibility index (Phi) is 33.7. The molecule has 0 bridgehead atoms. The molecule has 0 aliphatic carbocycles. The molecule has 254 valence electrons. The van der Waals surface area contributed by atoms with Crippen LogP contribution in [0.25, 0.3) is 0 Å². The van der Waals surface area contributed by atoms with Crippen molar-refractivity contribution in [2.24, 2.45) is 0 Å². The van der Waals surface area contributed by atoms with Gasteiger partial charge < -0.3 is 9.84 Å². The van der Waals surface area contributed by atoms with Crippen LogP contribution in [0.15, 0.2) is 48.6 Å². The van der Waals surface area contributed by atoms with Crippen LogP contribution in [-0.2, 0) is 14.3 Å². The minimum atomic E-state index is -1.02. The van der Waals surface area contributed by atoms with Gasteiger partial charge in [0.1, 0.15) is 0 Å². The first-order valence-corrected chi connectivity index (χ1v) is 18.6. The summed E-state index contributed by atoms with van der Waals surface area (Å²) in [7, 11) is 0. The summed E-state index contributed by atoms with van der Waals surface area (Å²) in [4.78, 5) is 23.7. The van der Waals surface area contributed by atoms with Crippen LogP contribution in [0.5, 0.6) is 0 Å². The summed E-state index contributed by atoms with van der Waals surface area (Å²) in [6.45, 7) is 4.49. The van der Waals surface area contributed by atoms with Crippen molar-refractivity contribution in [3.05, 3.63) is 48.6 Å². The second-order valence-electron chi connectivity index (χ2n) is 12.4. The van der Waals surface area contributed by atoms with E-state index in [0.717, 1.165) is 70.6 Å². The van der Waals surface area contributed by atoms with Crippen molar-refractivity contribution in [2.45, 2.75) is 193 Å². The van der Waals surface area contributed by atoms with Crippen molar-refractivity contribution >= 4 is 11.9 Å². The van der Waals surface area contributed by atoms with Crippen molar-refractivity contribution in [1.29, 1.82) is 0 Å². The zero-order chi connectivity index (χ0) is 32.2. The number of unbranched alkanes of at least 4 members (excludes halogenated alkanes) is 19. The smallest absolute Gasteiger partial charge is 0.345 e. The largest absolute Gasteiger partial charge is 0.479 e. The van der Waals surface area contributed by atoms with Crippen LogP contribution in [0, 0.1) is 0 Å². The summed E-state index contributed by atoms with van der Waals surface area (Å²) < 4.78 is 5.30. The maximum absolute atomic E-state index is 12.2. The molecule has 1 unspecified atom stereocenters. The molecule has 0 aliphatic heterocycles. The molecular weight excluding hydrogens is 544 g/mol. The molecule has 0 aliphatic rings. The number of carbonyl (C=O) groups excluding carboxylic acids is 1. The Hall–Kier alpha value is -2.10. The lowest BCUT2D eigenvalue weighted by Gasteiger charge is -2.13. The van der Waals surface area contributed by atoms with Crippen LogP contribution >= 0.6 is 0 Å². The lowest BCUT2D eigenvalue weighted by atomic mass is 10.0. The van der Waals surface area contributed by atoms with E-state index in [4.69, 9.17) is 4.74 Å². The van der Waals surface area contributed by atoms with Crippen LogP contribution in [0.4, 0.5) is 0 Å². The second-order valence-corrected chi connectivity index (χ2v) is 12.4. The Labute approximate surface area is 272 Å². The molecule has 0 saturated heterocycles. The molecule has 1 atom stereocenters. The molecule has 0 aromatic rings. The van der Waals surface area contributed by atoms with E-state index in [1.54, 1.807) is 0 Å². The van der Waals surface area contributed by atoms with E-state index < -0.39 is 12.1 Å². The Morgan fingerprint density at radius 2 is 0.864 bits per heavy atom. The van der Waals surface area contributed by atoms with Gasteiger partial charge in [0.2, 0.25) is 0 Å². The molecule has 0 aromatic heterocycles. The van der Waals surface area contributed by atoms with Gasteiger partial charge in [0.25, 0.3) is 0 Å². The first kappa shape index (κ1) is 41.9. The van der Waals surface area contributed by atoms with E-state index >= 15 is 0 Å². The first-order valence-electron chi connectivity index (χ1n) is 18.6. The van der Waals surface area contributed by atoms with E-state index in [2.05, 4.69) is 62.5 Å². The number of hydrogen-bond donors (Lipinski definition) is 1. The van der Waals surface area contributed by atoms with E-state index in [0.29, 0.717) is 12.8 Å². The Balaban J connectivity index is 3.64. The predicted molar refractivity (Wildman–Crippen MR) is 190 cm³/mol. The van der Waals surface area contributed by atoms with Gasteiger partial charge in [-0.1, -0.05) is 165 Å². The SMILES string of the molecule is CCCCC/C=C\C/C=C\C/C=C\C/C=C\CCCCCCCC(=O)OC(CCCCCCCCCCCCCC)C(=O)O. The lowest BCUT2D eigenvalue weighted by molar-refractivity contribution is -0.164. The minimum Gasteiger partial charge on any atom is -0.479 e. The second kappa shape index (κ2) is 35.4. The Morgan fingerprint density at radius 3 is 1.34 bits per heavy atom. The topological polar surface area (TPSA) is 63.6 Å². The van der Waals surface area contributed by atoms with Gasteiger partial charge in [-0.15, -0.1) is 0 Å². The molecule has 44 heavy (non-hydrogen) atoms. The lowest BCUT2D eigenvalue weighted by Crippen LogP contribution is -2.27. The number of aliphatic carboxylic acids is 1. The van der Waals surface area contributed by atoms with Gasteiger partial charge in [0.15, 0.2) is 6.10 Å². The van der Waals surface area contributed by atoms with Gasteiger partial charge in [-0.05, 0) is 64.2 Å². The van der Waals surface area contributed by atoms with Crippen LogP contribution in [0.2, 0.25) is 0 Å². The van der Waals surface area contributed by atoms with Gasteiger partial charge in [-0.3, -0.25) is 4.79 Å². The van der Waals surface area contributed by atoms with Gasteiger partial charge >= 0.3 is 11.9 Å². The average Bonchev–Trinajstić information content (AvgIpc) is 3.01. The quantitative estimate of drug-likeness (QED) is 0.0454. The highest BCUT2D eigenvalue weighted by atomic mass is 16.6. The fourth-order valence-corrected chi connectivity index (χ4v) is 5.24. The third kappa shape index (κ3) is 32.8. The number of esters is 1. The van der Waals surface area contributed by atoms with Crippen molar-refractivity contribution in [3.8, 4) is 0 Å². The third-order valence-corrected chi connectivity index (χ3v) is 8.08. The Morgan fingerprint density at radius 1 is 0.500 bits per heavy atom. The molecule has 4 nitrogen and oxygen atoms in total. The summed E-state index contributed by atoms with van der Waals surface area (Å²) in [5.41, 5.74) is 0. The molecule has 0 spiro atoms. The predicted octanol–water partition coefficient (Wildman–Crippen LogP) is 12.8. The molecule has 0 aromatic carbocycles. The highest BCUT2D eigenvalue weighted by Gasteiger charge is 2.21. The standard InChI is InChI=1S/C40H70O4/c1-3-5-7-9-11-13-15-17-18-19-20-21-22-23-24-25-27-29-31-33-35-37-39(41)44-38(40(42)43)36-34-32-30-28-26-16-14-12-10-8-6-4-2/h11,13,17-18,20-21,23-24,38H,3-10,12,14-16,19,22,25-37H2,1-2H3,(H,42,43)/b13-11-,18-17-,21-20-,24-23-. The van der Waals surface area contributed by atoms with E-state index in [9.17, 15) is 14.7 Å². The molecule has 0 radical (unpaired) electrons. The van der Waals surface area contributed by atoms with Gasteiger partial charge in [0, 0.05) is 6.42 Å². The maximum Gasteiger partial charge on any atom is 0.345 e. The number of carboxylic acids is 1. The highest BCUT2D eigenvalue weighted by Crippen LogP contribution is 2.15. The number of hydrogen-bond acceptors (Lipinski definition) is 3. The van der Waals surface area contributed by atoms with Crippen molar-refractivity contribution in [3.63, 3.8) is 0 Å².